The molecule has 2 aromatic rings. The average molecular weight is 611 g/mol. The highest BCUT2D eigenvalue weighted by Gasteiger charge is 2.24. The summed E-state index contributed by atoms with van der Waals surface area (Å²) in [6.45, 7) is 13.4. The van der Waals surface area contributed by atoms with Crippen LogP contribution in [0.5, 0.6) is 0 Å². The number of fused-ring (bicyclic) bond motifs is 1. The fourth-order valence-corrected chi connectivity index (χ4v) is 6.95. The van der Waals surface area contributed by atoms with E-state index in [1.54, 1.807) is 19.1 Å². The maximum Gasteiger partial charge on any atom is 0.241 e. The first kappa shape index (κ1) is 32.3. The van der Waals surface area contributed by atoms with Gasteiger partial charge in [-0.25, -0.2) is 18.1 Å². The molecular formula is C31H46N8O3S. The number of rotatable bonds is 9. The van der Waals surface area contributed by atoms with Crippen molar-refractivity contribution in [2.24, 2.45) is 27.6 Å². The summed E-state index contributed by atoms with van der Waals surface area (Å²) >= 11 is 0. The lowest BCUT2D eigenvalue weighted by atomic mass is 9.82. The number of carbonyl (C=O) groups excluding carboxylic acids is 1. The highest BCUT2D eigenvalue weighted by molar-refractivity contribution is 7.89. The minimum Gasteiger partial charge on any atom is -0.370 e. The van der Waals surface area contributed by atoms with Gasteiger partial charge in [-0.3, -0.25) is 15.1 Å². The number of benzene rings is 2. The summed E-state index contributed by atoms with van der Waals surface area (Å²) < 4.78 is 29.0. The predicted octanol–water partition coefficient (Wildman–Crippen LogP) is 2.82. The molecule has 234 valence electrons. The Morgan fingerprint density at radius 3 is 2.28 bits per heavy atom. The van der Waals surface area contributed by atoms with Crippen molar-refractivity contribution in [1.82, 2.24) is 25.2 Å². The molecule has 0 aromatic heterocycles. The van der Waals surface area contributed by atoms with Crippen molar-refractivity contribution in [2.45, 2.75) is 57.4 Å². The Morgan fingerprint density at radius 2 is 1.60 bits per heavy atom. The SMILES string of the molecule is C=C(NC(=NC(C)C)NC(N)=NCC1CCC(CNS(=O)(=O)c2cccc3ccccc23)CC1)N1CCN(C(C)=O)CC1. The zero-order chi connectivity index (χ0) is 31.0. The first-order chi connectivity index (χ1) is 20.5. The molecule has 0 spiro atoms. The molecule has 1 aliphatic carbocycles. The number of carbonyl (C=O) groups is 1. The van der Waals surface area contributed by atoms with E-state index < -0.39 is 10.0 Å². The van der Waals surface area contributed by atoms with Crippen molar-refractivity contribution in [1.29, 1.82) is 0 Å². The highest BCUT2D eigenvalue weighted by atomic mass is 32.2. The van der Waals surface area contributed by atoms with Gasteiger partial charge in [0.25, 0.3) is 0 Å². The maximum atomic E-state index is 13.1. The van der Waals surface area contributed by atoms with Crippen molar-refractivity contribution < 1.29 is 13.2 Å². The van der Waals surface area contributed by atoms with E-state index in [2.05, 4.69) is 36.8 Å². The van der Waals surface area contributed by atoms with Crippen LogP contribution in [0.15, 0.2) is 69.7 Å². The largest absolute Gasteiger partial charge is 0.370 e. The number of aliphatic imine (C=N–C) groups is 2. The van der Waals surface area contributed by atoms with Crippen molar-refractivity contribution in [3.8, 4) is 0 Å². The smallest absolute Gasteiger partial charge is 0.241 e. The first-order valence-electron chi connectivity index (χ1n) is 15.1. The quantitative estimate of drug-likeness (QED) is 0.252. The van der Waals surface area contributed by atoms with Gasteiger partial charge >= 0.3 is 0 Å². The van der Waals surface area contributed by atoms with Gasteiger partial charge in [0.05, 0.1) is 4.90 Å². The van der Waals surface area contributed by atoms with Gasteiger partial charge in [-0.05, 0) is 62.8 Å². The molecule has 0 radical (unpaired) electrons. The molecule has 5 N–H and O–H groups in total. The number of sulfonamides is 1. The normalized spacial score (nSPS) is 20.4. The minimum atomic E-state index is -3.60. The van der Waals surface area contributed by atoms with E-state index in [9.17, 15) is 13.2 Å². The molecule has 1 aliphatic heterocycles. The number of hydrogen-bond donors (Lipinski definition) is 4. The Bertz CT molecular complexity index is 1430. The van der Waals surface area contributed by atoms with Crippen LogP contribution < -0.4 is 21.1 Å². The fourth-order valence-electron chi connectivity index (χ4n) is 5.60. The standard InChI is InChI=1S/C31H46N8O3S/c1-22(2)35-31(36-23(3)38-16-18-39(19-17-38)24(4)40)37-30(32)33-20-25-12-14-26(15-13-25)21-34-43(41,42)29-11-7-9-27-8-5-6-10-28(27)29/h5-11,22,25-26,34H,3,12-21H2,1-2,4H3,(H4,32,33,35,36,37). The lowest BCUT2D eigenvalue weighted by molar-refractivity contribution is -0.130. The van der Waals surface area contributed by atoms with E-state index in [1.165, 1.54) is 0 Å². The van der Waals surface area contributed by atoms with Crippen LogP contribution in [0.1, 0.15) is 46.5 Å². The number of nitrogens with zero attached hydrogens (tertiary/aromatic N) is 4. The topological polar surface area (TPSA) is 145 Å². The fraction of sp³-hybridized carbons (Fsp3) is 0.516. The Kier molecular flexibility index (Phi) is 11.0. The summed E-state index contributed by atoms with van der Waals surface area (Å²) in [6.07, 6.45) is 3.80. The lowest BCUT2D eigenvalue weighted by Crippen LogP contribution is -2.52. The number of guanidine groups is 2. The van der Waals surface area contributed by atoms with E-state index in [4.69, 9.17) is 5.73 Å². The van der Waals surface area contributed by atoms with Gasteiger partial charge in [-0.1, -0.05) is 43.0 Å². The molecule has 11 nitrogen and oxygen atoms in total. The molecule has 12 heteroatoms. The van der Waals surface area contributed by atoms with Crippen LogP contribution >= 0.6 is 0 Å². The number of amides is 1. The van der Waals surface area contributed by atoms with Gasteiger partial charge in [0.1, 0.15) is 5.82 Å². The third kappa shape index (κ3) is 9.17. The Labute approximate surface area is 255 Å². The van der Waals surface area contributed by atoms with E-state index in [1.807, 2.05) is 49.1 Å². The monoisotopic (exact) mass is 610 g/mol. The summed E-state index contributed by atoms with van der Waals surface area (Å²) in [5, 5.41) is 7.98. The zero-order valence-corrected chi connectivity index (χ0v) is 26.4. The third-order valence-electron chi connectivity index (χ3n) is 8.09. The maximum absolute atomic E-state index is 13.1. The van der Waals surface area contributed by atoms with Gasteiger partial charge in [-0.15, -0.1) is 0 Å². The van der Waals surface area contributed by atoms with Crippen LogP contribution in [0, 0.1) is 11.8 Å². The second-order valence-corrected chi connectivity index (χ2v) is 13.4. The molecule has 2 aromatic carbocycles. The molecule has 0 atom stereocenters. The molecule has 1 saturated carbocycles. The van der Waals surface area contributed by atoms with Gasteiger partial charge < -0.3 is 20.9 Å². The van der Waals surface area contributed by atoms with Crippen LogP contribution in [0.25, 0.3) is 10.8 Å². The van der Waals surface area contributed by atoms with Gasteiger partial charge in [0, 0.05) is 57.6 Å². The lowest BCUT2D eigenvalue weighted by Gasteiger charge is -2.36. The Balaban J connectivity index is 1.23. The van der Waals surface area contributed by atoms with Crippen molar-refractivity contribution >= 4 is 38.6 Å². The van der Waals surface area contributed by atoms with Crippen molar-refractivity contribution in [3.63, 3.8) is 0 Å². The molecule has 1 heterocycles. The Morgan fingerprint density at radius 1 is 0.977 bits per heavy atom. The number of nitrogens with two attached hydrogens (primary N) is 1. The van der Waals surface area contributed by atoms with Gasteiger partial charge in [0.2, 0.25) is 21.9 Å². The summed E-state index contributed by atoms with van der Waals surface area (Å²) in [4.78, 5) is 25.1. The predicted molar refractivity (Wildman–Crippen MR) is 173 cm³/mol. The first-order valence-corrected chi connectivity index (χ1v) is 16.6. The molecule has 0 unspecified atom stereocenters. The highest BCUT2D eigenvalue weighted by Crippen LogP contribution is 2.29. The van der Waals surface area contributed by atoms with E-state index in [-0.39, 0.29) is 23.8 Å². The second kappa shape index (κ2) is 14.7. The molecule has 43 heavy (non-hydrogen) atoms. The van der Waals surface area contributed by atoms with E-state index in [0.29, 0.717) is 61.9 Å². The number of piperazine rings is 1. The summed E-state index contributed by atoms with van der Waals surface area (Å²) in [6, 6.07) is 12.9. The number of hydrogen-bond acceptors (Lipinski definition) is 6. The minimum absolute atomic E-state index is 0.0264. The molecular weight excluding hydrogens is 564 g/mol. The van der Waals surface area contributed by atoms with Crippen LogP contribution in [0.4, 0.5) is 0 Å². The van der Waals surface area contributed by atoms with Crippen molar-refractivity contribution in [3.05, 3.63) is 54.9 Å². The van der Waals surface area contributed by atoms with Crippen LogP contribution in [-0.4, -0.2) is 81.4 Å². The van der Waals surface area contributed by atoms with Crippen molar-refractivity contribution in [2.75, 3.05) is 39.3 Å². The molecule has 4 rings (SSSR count). The van der Waals surface area contributed by atoms with E-state index >= 15 is 0 Å². The molecule has 2 aliphatic rings. The van der Waals surface area contributed by atoms with E-state index in [0.717, 1.165) is 36.5 Å². The summed E-state index contributed by atoms with van der Waals surface area (Å²) in [5.74, 6) is 2.22. The number of nitrogens with one attached hydrogen (secondary N) is 3. The summed E-state index contributed by atoms with van der Waals surface area (Å²) in [5.41, 5.74) is 6.24. The summed E-state index contributed by atoms with van der Waals surface area (Å²) in [7, 11) is -3.60. The van der Waals surface area contributed by atoms with Gasteiger partial charge in [-0.2, -0.15) is 0 Å². The molecule has 2 fully saturated rings. The van der Waals surface area contributed by atoms with Crippen LogP contribution in [0.2, 0.25) is 0 Å². The molecule has 1 amide bonds. The van der Waals surface area contributed by atoms with Crippen LogP contribution in [0.3, 0.4) is 0 Å². The zero-order valence-electron chi connectivity index (χ0n) is 25.6. The average Bonchev–Trinajstić information content (AvgIpc) is 2.99. The van der Waals surface area contributed by atoms with Crippen LogP contribution in [-0.2, 0) is 14.8 Å². The molecule has 1 saturated heterocycles. The van der Waals surface area contributed by atoms with Gasteiger partial charge in [0.15, 0.2) is 5.96 Å². The molecule has 0 bridgehead atoms. The Hall–Kier alpha value is -3.64. The third-order valence-corrected chi connectivity index (χ3v) is 9.57. The second-order valence-electron chi connectivity index (χ2n) is 11.7.